The third kappa shape index (κ3) is 3.89. The summed E-state index contributed by atoms with van der Waals surface area (Å²) in [5.74, 6) is -0.108. The zero-order valence-electron chi connectivity index (χ0n) is 16.1. The van der Waals surface area contributed by atoms with E-state index in [4.69, 9.17) is 11.6 Å². The highest BCUT2D eigenvalue weighted by molar-refractivity contribution is 6.31. The molecule has 1 aromatic heterocycles. The minimum absolute atomic E-state index is 0.0139. The maximum Gasteiger partial charge on any atom is 0.240 e. The van der Waals surface area contributed by atoms with E-state index < -0.39 is 0 Å². The van der Waals surface area contributed by atoms with E-state index in [1.54, 1.807) is 12.1 Å². The molecule has 0 fully saturated rings. The number of amides is 1. The third-order valence-corrected chi connectivity index (χ3v) is 5.44. The van der Waals surface area contributed by atoms with Gasteiger partial charge in [-0.2, -0.15) is 0 Å². The van der Waals surface area contributed by atoms with Gasteiger partial charge in [0.25, 0.3) is 0 Å². The average Bonchev–Trinajstić information content (AvgIpc) is 2.73. The van der Waals surface area contributed by atoms with Crippen LogP contribution in [0.2, 0.25) is 5.02 Å². The summed E-state index contributed by atoms with van der Waals surface area (Å²) in [4.78, 5) is 25.6. The first-order valence-corrected chi connectivity index (χ1v) is 9.95. The summed E-state index contributed by atoms with van der Waals surface area (Å²) >= 11 is 6.23. The molecule has 5 heteroatoms. The first-order chi connectivity index (χ1) is 14.0. The van der Waals surface area contributed by atoms with Crippen molar-refractivity contribution in [2.75, 3.05) is 0 Å². The molecule has 1 heterocycles. The third-order valence-electron chi connectivity index (χ3n) is 5.07. The van der Waals surface area contributed by atoms with Crippen LogP contribution in [0.4, 0.5) is 0 Å². The van der Waals surface area contributed by atoms with Crippen molar-refractivity contribution in [3.05, 3.63) is 93.6 Å². The number of hydrogen-bond acceptors (Lipinski definition) is 2. The van der Waals surface area contributed by atoms with Crippen molar-refractivity contribution in [1.82, 2.24) is 9.88 Å². The predicted octanol–water partition coefficient (Wildman–Crippen LogP) is 4.56. The molecule has 4 nitrogen and oxygen atoms in total. The second-order valence-electron chi connectivity index (χ2n) is 7.21. The van der Waals surface area contributed by atoms with Crippen molar-refractivity contribution in [2.45, 2.75) is 25.9 Å². The molecule has 4 aromatic rings. The zero-order valence-corrected chi connectivity index (χ0v) is 16.8. The van der Waals surface area contributed by atoms with Gasteiger partial charge in [-0.1, -0.05) is 54.1 Å². The molecule has 0 radical (unpaired) electrons. The van der Waals surface area contributed by atoms with Crippen LogP contribution in [0.5, 0.6) is 0 Å². The zero-order chi connectivity index (χ0) is 20.4. The summed E-state index contributed by atoms with van der Waals surface area (Å²) in [7, 11) is 0. The summed E-state index contributed by atoms with van der Waals surface area (Å²) in [5.41, 5.74) is 2.50. The van der Waals surface area contributed by atoms with Crippen LogP contribution in [-0.4, -0.2) is 16.5 Å². The number of fused-ring (bicyclic) bond motifs is 2. The Morgan fingerprint density at radius 2 is 1.48 bits per heavy atom. The molecule has 1 atom stereocenters. The van der Waals surface area contributed by atoms with E-state index in [2.05, 4.69) is 5.32 Å². The molecular weight excluding hydrogens is 384 g/mol. The highest BCUT2D eigenvalue weighted by atomic mass is 35.5. The van der Waals surface area contributed by atoms with Gasteiger partial charge in [0.2, 0.25) is 5.91 Å². The number of pyridine rings is 1. The lowest BCUT2D eigenvalue weighted by molar-refractivity contribution is -0.122. The van der Waals surface area contributed by atoms with Crippen LogP contribution in [0.3, 0.4) is 0 Å². The number of nitrogens with zero attached hydrogens (tertiary/aromatic N) is 1. The Kier molecular flexibility index (Phi) is 5.36. The van der Waals surface area contributed by atoms with Crippen LogP contribution >= 0.6 is 11.6 Å². The second-order valence-corrected chi connectivity index (χ2v) is 7.62. The fourth-order valence-electron chi connectivity index (χ4n) is 3.76. The van der Waals surface area contributed by atoms with E-state index in [0.717, 1.165) is 16.6 Å². The van der Waals surface area contributed by atoms with Crippen molar-refractivity contribution in [2.24, 2.45) is 0 Å². The molecule has 0 aliphatic carbocycles. The van der Waals surface area contributed by atoms with E-state index in [0.29, 0.717) is 22.2 Å². The lowest BCUT2D eigenvalue weighted by Crippen LogP contribution is -2.36. The van der Waals surface area contributed by atoms with E-state index in [1.807, 2.05) is 72.2 Å². The Labute approximate surface area is 173 Å². The van der Waals surface area contributed by atoms with Gasteiger partial charge in [0.15, 0.2) is 5.43 Å². The topological polar surface area (TPSA) is 51.1 Å². The molecule has 29 heavy (non-hydrogen) atoms. The largest absolute Gasteiger partial charge is 0.352 e. The predicted molar refractivity (Wildman–Crippen MR) is 118 cm³/mol. The van der Waals surface area contributed by atoms with E-state index >= 15 is 0 Å². The number of para-hydroxylation sites is 2. The van der Waals surface area contributed by atoms with Gasteiger partial charge in [0.1, 0.15) is 6.54 Å². The molecule has 3 aromatic carbocycles. The molecule has 0 saturated heterocycles. The highest BCUT2D eigenvalue weighted by Crippen LogP contribution is 2.19. The number of nitrogens with one attached hydrogen (secondary N) is 1. The number of carbonyl (C=O) groups is 1. The molecule has 1 amide bonds. The van der Waals surface area contributed by atoms with Crippen LogP contribution < -0.4 is 10.7 Å². The highest BCUT2D eigenvalue weighted by Gasteiger charge is 2.15. The molecule has 0 bridgehead atoms. The van der Waals surface area contributed by atoms with E-state index in [-0.39, 0.29) is 23.9 Å². The van der Waals surface area contributed by atoms with Crippen LogP contribution in [0, 0.1) is 0 Å². The van der Waals surface area contributed by atoms with Gasteiger partial charge in [-0.15, -0.1) is 0 Å². The number of hydrogen-bond donors (Lipinski definition) is 1. The number of halogens is 1. The average molecular weight is 405 g/mol. The summed E-state index contributed by atoms with van der Waals surface area (Å²) in [5, 5.41) is 4.98. The normalized spacial score (nSPS) is 12.2. The standard InChI is InChI=1S/C24H21ClN2O2/c1-16(14-17-8-2-5-11-20(17)25)26-23(28)15-27-21-12-6-3-9-18(21)24(29)19-10-4-7-13-22(19)27/h2-13,16H,14-15H2,1H3,(H,26,28)/t16-/m0/s1. The number of carbonyl (C=O) groups excluding carboxylic acids is 1. The van der Waals surface area contributed by atoms with E-state index in [1.165, 1.54) is 0 Å². The Morgan fingerprint density at radius 3 is 2.10 bits per heavy atom. The van der Waals surface area contributed by atoms with Crippen molar-refractivity contribution >= 4 is 39.3 Å². The van der Waals surface area contributed by atoms with Crippen molar-refractivity contribution < 1.29 is 4.79 Å². The molecule has 0 spiro atoms. The number of aromatic nitrogens is 1. The first kappa shape index (κ1) is 19.2. The first-order valence-electron chi connectivity index (χ1n) is 9.57. The fraction of sp³-hybridized carbons (Fsp3) is 0.167. The van der Waals surface area contributed by atoms with Crippen molar-refractivity contribution in [3.8, 4) is 0 Å². The summed E-state index contributed by atoms with van der Waals surface area (Å²) in [6.07, 6.45) is 0.650. The van der Waals surface area contributed by atoms with Crippen LogP contribution in [0.15, 0.2) is 77.6 Å². The van der Waals surface area contributed by atoms with Crippen LogP contribution in [0.25, 0.3) is 21.8 Å². The van der Waals surface area contributed by atoms with Crippen molar-refractivity contribution in [3.63, 3.8) is 0 Å². The Balaban J connectivity index is 1.63. The lowest BCUT2D eigenvalue weighted by atomic mass is 10.1. The lowest BCUT2D eigenvalue weighted by Gasteiger charge is -2.18. The Hall–Kier alpha value is -3.11. The molecule has 1 N–H and O–H groups in total. The summed E-state index contributed by atoms with van der Waals surface area (Å²) in [6.45, 7) is 2.09. The van der Waals surface area contributed by atoms with Gasteiger partial charge in [-0.3, -0.25) is 9.59 Å². The SMILES string of the molecule is C[C@@H](Cc1ccccc1Cl)NC(=O)Cn1c2ccccc2c(=O)c2ccccc21. The number of rotatable bonds is 5. The molecule has 0 unspecified atom stereocenters. The maximum absolute atomic E-state index is 12.8. The number of benzene rings is 3. The second kappa shape index (κ2) is 8.10. The Bertz CT molecular complexity index is 1200. The minimum Gasteiger partial charge on any atom is -0.352 e. The van der Waals surface area contributed by atoms with Gasteiger partial charge >= 0.3 is 0 Å². The fourth-order valence-corrected chi connectivity index (χ4v) is 3.97. The van der Waals surface area contributed by atoms with Crippen LogP contribution in [0.1, 0.15) is 12.5 Å². The van der Waals surface area contributed by atoms with Gasteiger partial charge < -0.3 is 9.88 Å². The molecule has 4 rings (SSSR count). The Morgan fingerprint density at radius 1 is 0.931 bits per heavy atom. The van der Waals surface area contributed by atoms with E-state index in [9.17, 15) is 9.59 Å². The summed E-state index contributed by atoms with van der Waals surface area (Å²) < 4.78 is 1.91. The molecule has 146 valence electrons. The molecule has 0 saturated carbocycles. The molecule has 0 aliphatic heterocycles. The van der Waals surface area contributed by atoms with Crippen molar-refractivity contribution in [1.29, 1.82) is 0 Å². The maximum atomic E-state index is 12.8. The molecule has 0 aliphatic rings. The van der Waals surface area contributed by atoms with Crippen LogP contribution in [-0.2, 0) is 17.8 Å². The minimum atomic E-state index is -0.108. The van der Waals surface area contributed by atoms with Gasteiger partial charge in [0, 0.05) is 21.8 Å². The monoisotopic (exact) mass is 404 g/mol. The van der Waals surface area contributed by atoms with Gasteiger partial charge in [-0.05, 0) is 49.2 Å². The summed E-state index contributed by atoms with van der Waals surface area (Å²) in [6, 6.07) is 22.4. The van der Waals surface area contributed by atoms with Gasteiger partial charge in [-0.25, -0.2) is 0 Å². The quantitative estimate of drug-likeness (QED) is 0.496. The van der Waals surface area contributed by atoms with Gasteiger partial charge in [0.05, 0.1) is 11.0 Å². The smallest absolute Gasteiger partial charge is 0.240 e. The molecular formula is C24H21ClN2O2.